The Kier molecular flexibility index (Phi) is 6.67. The molecule has 1 N–H and O–H groups in total. The number of halogens is 1. The van der Waals surface area contributed by atoms with Crippen LogP contribution in [0.5, 0.6) is 0 Å². The van der Waals surface area contributed by atoms with Crippen molar-refractivity contribution in [2.45, 2.75) is 46.6 Å². The normalized spacial score (nSPS) is 16.5. The molecule has 0 spiro atoms. The SMILES string of the molecule is CC(C)(C)[C@@H]1CCc2c(sc(N=Cc3ccc(I)cc3)c2C(=O)NCc2ccco2)C1. The fourth-order valence-electron chi connectivity index (χ4n) is 3.99. The number of amides is 1. The maximum atomic E-state index is 13.2. The van der Waals surface area contributed by atoms with Crippen LogP contribution in [0.25, 0.3) is 0 Å². The third-order valence-electron chi connectivity index (χ3n) is 5.90. The molecule has 162 valence electrons. The molecule has 4 nitrogen and oxygen atoms in total. The molecule has 0 bridgehead atoms. The molecule has 0 saturated carbocycles. The summed E-state index contributed by atoms with van der Waals surface area (Å²) in [5.41, 5.74) is 3.20. The summed E-state index contributed by atoms with van der Waals surface area (Å²) in [6.07, 6.45) is 6.53. The number of nitrogens with zero attached hydrogens (tertiary/aromatic N) is 1. The third-order valence-corrected chi connectivity index (χ3v) is 7.78. The predicted molar refractivity (Wildman–Crippen MR) is 136 cm³/mol. The first-order chi connectivity index (χ1) is 14.8. The Morgan fingerprint density at radius 2 is 2.06 bits per heavy atom. The van der Waals surface area contributed by atoms with E-state index >= 15 is 0 Å². The summed E-state index contributed by atoms with van der Waals surface area (Å²) in [4.78, 5) is 19.3. The summed E-state index contributed by atoms with van der Waals surface area (Å²) in [6.45, 7) is 7.30. The number of rotatable bonds is 5. The van der Waals surface area contributed by atoms with Gasteiger partial charge in [-0.25, -0.2) is 4.99 Å². The average Bonchev–Trinajstić information content (AvgIpc) is 3.38. The van der Waals surface area contributed by atoms with E-state index in [4.69, 9.17) is 9.41 Å². The molecule has 1 aromatic carbocycles. The molecule has 4 rings (SSSR count). The second kappa shape index (κ2) is 9.28. The van der Waals surface area contributed by atoms with Crippen LogP contribution < -0.4 is 5.32 Å². The average molecular weight is 546 g/mol. The maximum absolute atomic E-state index is 13.2. The van der Waals surface area contributed by atoms with Crippen LogP contribution in [0.3, 0.4) is 0 Å². The summed E-state index contributed by atoms with van der Waals surface area (Å²) in [5, 5.41) is 3.83. The zero-order valence-electron chi connectivity index (χ0n) is 18.1. The van der Waals surface area contributed by atoms with Gasteiger partial charge in [-0.15, -0.1) is 11.3 Å². The van der Waals surface area contributed by atoms with Crippen LogP contribution in [0.4, 0.5) is 5.00 Å². The van der Waals surface area contributed by atoms with Crippen LogP contribution in [-0.2, 0) is 19.4 Å². The first-order valence-corrected chi connectivity index (χ1v) is 12.5. The second-order valence-corrected chi connectivity index (χ2v) is 11.4. The van der Waals surface area contributed by atoms with Crippen molar-refractivity contribution in [1.29, 1.82) is 0 Å². The monoisotopic (exact) mass is 546 g/mol. The minimum absolute atomic E-state index is 0.0714. The van der Waals surface area contributed by atoms with Gasteiger partial charge in [-0.3, -0.25) is 4.79 Å². The Morgan fingerprint density at radius 1 is 1.29 bits per heavy atom. The topological polar surface area (TPSA) is 54.6 Å². The van der Waals surface area contributed by atoms with Gasteiger partial charge >= 0.3 is 0 Å². The smallest absolute Gasteiger partial charge is 0.255 e. The number of hydrogen-bond donors (Lipinski definition) is 1. The minimum Gasteiger partial charge on any atom is -0.467 e. The van der Waals surface area contributed by atoms with E-state index in [1.807, 2.05) is 30.5 Å². The predicted octanol–water partition coefficient (Wildman–Crippen LogP) is 6.78. The van der Waals surface area contributed by atoms with E-state index in [-0.39, 0.29) is 11.3 Å². The molecule has 1 atom stereocenters. The molecular weight excluding hydrogens is 519 g/mol. The van der Waals surface area contributed by atoms with Gasteiger partial charge in [0.15, 0.2) is 0 Å². The van der Waals surface area contributed by atoms with E-state index in [1.54, 1.807) is 17.6 Å². The van der Waals surface area contributed by atoms with Crippen LogP contribution in [0.2, 0.25) is 0 Å². The van der Waals surface area contributed by atoms with Crippen LogP contribution >= 0.6 is 33.9 Å². The van der Waals surface area contributed by atoms with Crippen molar-refractivity contribution in [1.82, 2.24) is 5.32 Å². The molecular formula is C25H27IN2O2S. The lowest BCUT2D eigenvalue weighted by atomic mass is 9.72. The summed E-state index contributed by atoms with van der Waals surface area (Å²) in [6, 6.07) is 11.9. The van der Waals surface area contributed by atoms with Gasteiger partial charge in [0.05, 0.1) is 18.4 Å². The Labute approximate surface area is 201 Å². The molecule has 1 amide bonds. The van der Waals surface area contributed by atoms with Gasteiger partial charge < -0.3 is 9.73 Å². The molecule has 1 aliphatic carbocycles. The van der Waals surface area contributed by atoms with Gasteiger partial charge in [0.1, 0.15) is 10.8 Å². The van der Waals surface area contributed by atoms with Crippen molar-refractivity contribution in [3.05, 3.63) is 73.6 Å². The number of benzene rings is 1. The van der Waals surface area contributed by atoms with Crippen LogP contribution in [0.1, 0.15) is 59.3 Å². The molecule has 2 heterocycles. The van der Waals surface area contributed by atoms with Gasteiger partial charge in [0.25, 0.3) is 5.91 Å². The maximum Gasteiger partial charge on any atom is 0.255 e. The van der Waals surface area contributed by atoms with Gasteiger partial charge in [-0.1, -0.05) is 32.9 Å². The van der Waals surface area contributed by atoms with E-state index in [1.165, 1.54) is 14.0 Å². The van der Waals surface area contributed by atoms with Crippen molar-refractivity contribution in [3.63, 3.8) is 0 Å². The highest BCUT2D eigenvalue weighted by molar-refractivity contribution is 14.1. The van der Waals surface area contributed by atoms with Crippen molar-refractivity contribution >= 4 is 51.1 Å². The lowest BCUT2D eigenvalue weighted by Crippen LogP contribution is -2.28. The quantitative estimate of drug-likeness (QED) is 0.284. The van der Waals surface area contributed by atoms with E-state index in [0.717, 1.165) is 41.2 Å². The summed E-state index contributed by atoms with van der Waals surface area (Å²) >= 11 is 3.97. The van der Waals surface area contributed by atoms with Crippen molar-refractivity contribution in [2.75, 3.05) is 0 Å². The van der Waals surface area contributed by atoms with Crippen molar-refractivity contribution < 1.29 is 9.21 Å². The van der Waals surface area contributed by atoms with E-state index in [0.29, 0.717) is 12.5 Å². The van der Waals surface area contributed by atoms with E-state index in [2.05, 4.69) is 60.8 Å². The number of furan rings is 1. The van der Waals surface area contributed by atoms with Gasteiger partial charge in [-0.05, 0) is 88.6 Å². The largest absolute Gasteiger partial charge is 0.467 e. The fourth-order valence-corrected chi connectivity index (χ4v) is 5.61. The zero-order valence-corrected chi connectivity index (χ0v) is 21.0. The fraction of sp³-hybridized carbons (Fsp3) is 0.360. The third kappa shape index (κ3) is 5.29. The molecule has 0 unspecified atom stereocenters. The highest BCUT2D eigenvalue weighted by atomic mass is 127. The molecule has 0 aliphatic heterocycles. The molecule has 0 fully saturated rings. The molecule has 6 heteroatoms. The van der Waals surface area contributed by atoms with Gasteiger partial charge in [-0.2, -0.15) is 0 Å². The number of carbonyl (C=O) groups is 1. The first kappa shape index (κ1) is 22.3. The van der Waals surface area contributed by atoms with E-state index in [9.17, 15) is 4.79 Å². The first-order valence-electron chi connectivity index (χ1n) is 10.6. The van der Waals surface area contributed by atoms with Gasteiger partial charge in [0, 0.05) is 14.7 Å². The summed E-state index contributed by atoms with van der Waals surface area (Å²) in [5.74, 6) is 1.29. The second-order valence-electron chi connectivity index (χ2n) is 9.06. The van der Waals surface area contributed by atoms with Gasteiger partial charge in [0.2, 0.25) is 0 Å². The highest BCUT2D eigenvalue weighted by Gasteiger charge is 2.33. The van der Waals surface area contributed by atoms with Crippen LogP contribution in [0.15, 0.2) is 52.1 Å². The lowest BCUT2D eigenvalue weighted by molar-refractivity contribution is 0.0947. The lowest BCUT2D eigenvalue weighted by Gasteiger charge is -2.33. The molecule has 0 saturated heterocycles. The van der Waals surface area contributed by atoms with Crippen LogP contribution in [0, 0.1) is 14.9 Å². The molecule has 1 aliphatic rings. The summed E-state index contributed by atoms with van der Waals surface area (Å²) in [7, 11) is 0. The molecule has 2 aromatic heterocycles. The zero-order chi connectivity index (χ0) is 22.0. The number of fused-ring (bicyclic) bond motifs is 1. The number of carbonyl (C=O) groups excluding carboxylic acids is 1. The molecule has 0 radical (unpaired) electrons. The Morgan fingerprint density at radius 3 is 2.74 bits per heavy atom. The molecule has 31 heavy (non-hydrogen) atoms. The Bertz CT molecular complexity index is 1080. The standard InChI is InChI=1S/C25H27IN2O2S/c1-25(2,3)17-8-11-20-21(13-17)31-24(28-14-16-6-9-18(26)10-7-16)22(20)23(29)27-15-19-5-4-12-30-19/h4-7,9-10,12,14,17H,8,11,13,15H2,1-3H3,(H,27,29)/t17-/m1/s1. The highest BCUT2D eigenvalue weighted by Crippen LogP contribution is 2.45. The Balaban J connectivity index is 1.64. The number of nitrogens with one attached hydrogen (secondary N) is 1. The Hall–Kier alpha value is -1.93. The number of hydrogen-bond acceptors (Lipinski definition) is 4. The van der Waals surface area contributed by atoms with Crippen LogP contribution in [-0.4, -0.2) is 12.1 Å². The van der Waals surface area contributed by atoms with E-state index < -0.39 is 0 Å². The van der Waals surface area contributed by atoms with Crippen molar-refractivity contribution in [2.24, 2.45) is 16.3 Å². The minimum atomic E-state index is -0.0714. The number of aliphatic imine (C=N–C) groups is 1. The van der Waals surface area contributed by atoms with Crippen molar-refractivity contribution in [3.8, 4) is 0 Å². The summed E-state index contributed by atoms with van der Waals surface area (Å²) < 4.78 is 6.56. The number of thiophene rings is 1. The molecule has 3 aromatic rings.